The van der Waals surface area contributed by atoms with Crippen LogP contribution in [0.25, 0.3) is 11.5 Å². The number of halogens is 2. The Bertz CT molecular complexity index is 775. The van der Waals surface area contributed by atoms with E-state index in [-0.39, 0.29) is 12.3 Å². The molecule has 0 aliphatic rings. The van der Waals surface area contributed by atoms with Gasteiger partial charge in [-0.25, -0.2) is 13.6 Å². The van der Waals surface area contributed by atoms with Crippen LogP contribution in [0.1, 0.15) is 16.1 Å². The van der Waals surface area contributed by atoms with Crippen LogP contribution in [0.3, 0.4) is 0 Å². The first-order valence-electron chi connectivity index (χ1n) is 6.26. The van der Waals surface area contributed by atoms with Crippen LogP contribution in [-0.2, 0) is 11.3 Å². The fourth-order valence-electron chi connectivity index (χ4n) is 1.82. The molecule has 0 spiro atoms. The zero-order valence-electron chi connectivity index (χ0n) is 11.1. The molecule has 2 aromatic heterocycles. The lowest BCUT2D eigenvalue weighted by atomic mass is 10.2. The van der Waals surface area contributed by atoms with Crippen molar-refractivity contribution in [3.05, 3.63) is 65.6 Å². The molecule has 0 unspecified atom stereocenters. The van der Waals surface area contributed by atoms with Crippen molar-refractivity contribution in [2.75, 3.05) is 0 Å². The molecule has 0 saturated heterocycles. The molecular weight excluding hydrogens is 296 g/mol. The maximum absolute atomic E-state index is 13.4. The second kappa shape index (κ2) is 5.80. The molecule has 0 bridgehead atoms. The number of esters is 1. The van der Waals surface area contributed by atoms with Crippen molar-refractivity contribution in [3.8, 4) is 11.5 Å². The molecule has 1 aromatic carbocycles. The van der Waals surface area contributed by atoms with E-state index in [1.54, 1.807) is 12.1 Å². The first kappa shape index (κ1) is 14.0. The first-order valence-corrected chi connectivity index (χ1v) is 6.26. The van der Waals surface area contributed by atoms with Gasteiger partial charge in [0.2, 0.25) is 5.76 Å². The zero-order chi connectivity index (χ0) is 15.5. The summed E-state index contributed by atoms with van der Waals surface area (Å²) in [5.41, 5.74) is -0.450. The smallest absolute Gasteiger partial charge is 0.344 e. The Morgan fingerprint density at radius 3 is 2.59 bits per heavy atom. The van der Waals surface area contributed by atoms with Gasteiger partial charge in [0, 0.05) is 6.07 Å². The van der Waals surface area contributed by atoms with Gasteiger partial charge in [-0.2, -0.15) is 0 Å². The number of rotatable bonds is 4. The third-order valence-corrected chi connectivity index (χ3v) is 2.84. The summed E-state index contributed by atoms with van der Waals surface area (Å²) in [6.07, 6.45) is 1.47. The highest BCUT2D eigenvalue weighted by Crippen LogP contribution is 2.21. The minimum absolute atomic E-state index is 0.281. The third-order valence-electron chi connectivity index (χ3n) is 2.84. The lowest BCUT2D eigenvalue weighted by Gasteiger charge is -2.04. The van der Waals surface area contributed by atoms with Crippen LogP contribution in [0.5, 0.6) is 0 Å². The standard InChI is InChI=1S/C15H9F2NO4/c16-10-3-1-4-11(17)14(10)15(19)21-8-9-7-13(22-18-9)12-5-2-6-20-12/h1-7H,8H2. The van der Waals surface area contributed by atoms with Gasteiger partial charge in [0.1, 0.15) is 29.5 Å². The van der Waals surface area contributed by atoms with Crippen LogP contribution < -0.4 is 0 Å². The van der Waals surface area contributed by atoms with Crippen LogP contribution in [0.15, 0.2) is 51.6 Å². The Morgan fingerprint density at radius 1 is 1.14 bits per heavy atom. The minimum atomic E-state index is -1.11. The molecule has 7 heteroatoms. The summed E-state index contributed by atoms with van der Waals surface area (Å²) in [4.78, 5) is 11.7. The van der Waals surface area contributed by atoms with Crippen molar-refractivity contribution in [1.82, 2.24) is 5.16 Å². The Kier molecular flexibility index (Phi) is 3.69. The number of aromatic nitrogens is 1. The van der Waals surface area contributed by atoms with Crippen LogP contribution >= 0.6 is 0 Å². The quantitative estimate of drug-likeness (QED) is 0.689. The van der Waals surface area contributed by atoms with Gasteiger partial charge in [-0.05, 0) is 24.3 Å². The summed E-state index contributed by atoms with van der Waals surface area (Å²) >= 11 is 0. The molecule has 0 saturated carbocycles. The second-order valence-corrected chi connectivity index (χ2v) is 4.33. The zero-order valence-corrected chi connectivity index (χ0v) is 11.1. The topological polar surface area (TPSA) is 65.5 Å². The Balaban J connectivity index is 1.69. The number of carbonyl (C=O) groups excluding carboxylic acids is 1. The van der Waals surface area contributed by atoms with E-state index >= 15 is 0 Å². The van der Waals surface area contributed by atoms with Crippen molar-refractivity contribution >= 4 is 5.97 Å². The molecule has 3 rings (SSSR count). The Morgan fingerprint density at radius 2 is 1.91 bits per heavy atom. The van der Waals surface area contributed by atoms with Crippen molar-refractivity contribution in [2.24, 2.45) is 0 Å². The van der Waals surface area contributed by atoms with Crippen LogP contribution in [0.4, 0.5) is 8.78 Å². The molecule has 0 radical (unpaired) electrons. The number of hydrogen-bond donors (Lipinski definition) is 0. The lowest BCUT2D eigenvalue weighted by molar-refractivity contribution is 0.0453. The van der Waals surface area contributed by atoms with E-state index in [2.05, 4.69) is 5.16 Å². The first-order chi connectivity index (χ1) is 10.6. The fourth-order valence-corrected chi connectivity index (χ4v) is 1.82. The van der Waals surface area contributed by atoms with E-state index in [9.17, 15) is 13.6 Å². The van der Waals surface area contributed by atoms with Gasteiger partial charge in [-0.3, -0.25) is 0 Å². The summed E-state index contributed by atoms with van der Waals surface area (Å²) in [7, 11) is 0. The van der Waals surface area contributed by atoms with Crippen molar-refractivity contribution in [3.63, 3.8) is 0 Å². The number of ether oxygens (including phenoxy) is 1. The fraction of sp³-hybridized carbons (Fsp3) is 0.0667. The van der Waals surface area contributed by atoms with Gasteiger partial charge in [0.25, 0.3) is 0 Å². The molecule has 5 nitrogen and oxygen atoms in total. The average Bonchev–Trinajstić information content (AvgIpc) is 3.16. The van der Waals surface area contributed by atoms with Crippen molar-refractivity contribution in [2.45, 2.75) is 6.61 Å². The molecule has 112 valence electrons. The largest absolute Gasteiger partial charge is 0.461 e. The SMILES string of the molecule is O=C(OCc1cc(-c2ccco2)on1)c1c(F)cccc1F. The van der Waals surface area contributed by atoms with E-state index in [1.807, 2.05) is 0 Å². The Labute approximate surface area is 123 Å². The summed E-state index contributed by atoms with van der Waals surface area (Å²) in [6.45, 7) is -0.281. The molecule has 0 N–H and O–H groups in total. The number of nitrogens with zero attached hydrogens (tertiary/aromatic N) is 1. The highest BCUT2D eigenvalue weighted by atomic mass is 19.1. The number of furan rings is 1. The van der Waals surface area contributed by atoms with Crippen LogP contribution in [0.2, 0.25) is 0 Å². The molecular formula is C15H9F2NO4. The minimum Gasteiger partial charge on any atom is -0.461 e. The maximum atomic E-state index is 13.4. The third kappa shape index (κ3) is 2.73. The summed E-state index contributed by atoms with van der Waals surface area (Å²) in [5.74, 6) is -2.26. The summed E-state index contributed by atoms with van der Waals surface area (Å²) < 4.78 is 41.8. The molecule has 0 amide bonds. The van der Waals surface area contributed by atoms with Gasteiger partial charge < -0.3 is 13.7 Å². The lowest BCUT2D eigenvalue weighted by Crippen LogP contribution is -2.10. The van der Waals surface area contributed by atoms with Gasteiger partial charge >= 0.3 is 5.97 Å². The van der Waals surface area contributed by atoms with E-state index < -0.39 is 23.2 Å². The number of hydrogen-bond acceptors (Lipinski definition) is 5. The molecule has 0 atom stereocenters. The van der Waals surface area contributed by atoms with Gasteiger partial charge in [0.05, 0.1) is 6.26 Å². The van der Waals surface area contributed by atoms with Gasteiger partial charge in [-0.15, -0.1) is 0 Å². The predicted octanol–water partition coefficient (Wildman–Crippen LogP) is 3.57. The average molecular weight is 305 g/mol. The van der Waals surface area contributed by atoms with Crippen molar-refractivity contribution in [1.29, 1.82) is 0 Å². The van der Waals surface area contributed by atoms with E-state index in [0.717, 1.165) is 18.2 Å². The van der Waals surface area contributed by atoms with E-state index in [4.69, 9.17) is 13.7 Å². The van der Waals surface area contributed by atoms with Gasteiger partial charge in [-0.1, -0.05) is 11.2 Å². The normalized spacial score (nSPS) is 10.6. The second-order valence-electron chi connectivity index (χ2n) is 4.33. The molecule has 0 aliphatic heterocycles. The molecule has 0 aliphatic carbocycles. The monoisotopic (exact) mass is 305 g/mol. The predicted molar refractivity (Wildman–Crippen MR) is 69.7 cm³/mol. The van der Waals surface area contributed by atoms with E-state index in [0.29, 0.717) is 11.5 Å². The van der Waals surface area contributed by atoms with Crippen LogP contribution in [-0.4, -0.2) is 11.1 Å². The van der Waals surface area contributed by atoms with Gasteiger partial charge in [0.15, 0.2) is 5.76 Å². The van der Waals surface area contributed by atoms with E-state index in [1.165, 1.54) is 12.3 Å². The maximum Gasteiger partial charge on any atom is 0.344 e. The summed E-state index contributed by atoms with van der Waals surface area (Å²) in [6, 6.07) is 7.97. The van der Waals surface area contributed by atoms with Crippen LogP contribution in [0, 0.1) is 11.6 Å². The summed E-state index contributed by atoms with van der Waals surface area (Å²) in [5, 5.41) is 3.68. The highest BCUT2D eigenvalue weighted by molar-refractivity contribution is 5.89. The number of carbonyl (C=O) groups is 1. The highest BCUT2D eigenvalue weighted by Gasteiger charge is 2.19. The van der Waals surface area contributed by atoms with Crippen molar-refractivity contribution < 1.29 is 27.3 Å². The molecule has 2 heterocycles. The Hall–Kier alpha value is -2.96. The number of benzene rings is 1. The molecule has 3 aromatic rings. The molecule has 22 heavy (non-hydrogen) atoms. The molecule has 0 fully saturated rings.